The number of pyridine rings is 1. The van der Waals surface area contributed by atoms with Gasteiger partial charge in [-0.1, -0.05) is 23.2 Å². The first-order valence-corrected chi connectivity index (χ1v) is 7.00. The van der Waals surface area contributed by atoms with Crippen LogP contribution in [-0.4, -0.2) is 15.3 Å². The summed E-state index contributed by atoms with van der Waals surface area (Å²) in [5.41, 5.74) is 2.74. The van der Waals surface area contributed by atoms with Gasteiger partial charge in [0.25, 0.3) is 5.91 Å². The van der Waals surface area contributed by atoms with Crippen molar-refractivity contribution in [2.75, 3.05) is 5.32 Å². The minimum Gasteiger partial charge on any atom is -0.321 e. The molecule has 0 bridgehead atoms. The highest BCUT2D eigenvalue weighted by Gasteiger charge is 2.10. The Morgan fingerprint density at radius 3 is 2.76 bits per heavy atom. The Morgan fingerprint density at radius 1 is 1.19 bits per heavy atom. The van der Waals surface area contributed by atoms with Crippen LogP contribution in [-0.2, 0) is 0 Å². The maximum Gasteiger partial charge on any atom is 0.257 e. The topological polar surface area (TPSA) is 46.4 Å². The largest absolute Gasteiger partial charge is 0.321 e. The molecule has 0 saturated heterocycles. The van der Waals surface area contributed by atoms with Crippen molar-refractivity contribution in [3.63, 3.8) is 0 Å². The number of fused-ring (bicyclic) bond motifs is 1. The predicted molar refractivity (Wildman–Crippen MR) is 84.3 cm³/mol. The first kappa shape index (κ1) is 13.9. The summed E-state index contributed by atoms with van der Waals surface area (Å²) < 4.78 is 1.81. The lowest BCUT2D eigenvalue weighted by molar-refractivity contribution is 0.102. The first-order chi connectivity index (χ1) is 10.0. The van der Waals surface area contributed by atoms with E-state index < -0.39 is 0 Å². The predicted octanol–water partition coefficient (Wildman–Crippen LogP) is 4.20. The zero-order valence-corrected chi connectivity index (χ0v) is 12.6. The quantitative estimate of drug-likeness (QED) is 0.769. The van der Waals surface area contributed by atoms with Crippen molar-refractivity contribution in [3.8, 4) is 0 Å². The summed E-state index contributed by atoms with van der Waals surface area (Å²) in [5.74, 6) is -0.243. The molecule has 0 aliphatic heterocycles. The fourth-order valence-electron chi connectivity index (χ4n) is 2.04. The van der Waals surface area contributed by atoms with E-state index in [1.807, 2.05) is 17.5 Å². The van der Waals surface area contributed by atoms with Gasteiger partial charge in [0, 0.05) is 17.4 Å². The van der Waals surface area contributed by atoms with Gasteiger partial charge in [0.2, 0.25) is 0 Å². The van der Waals surface area contributed by atoms with Crippen LogP contribution in [0.3, 0.4) is 0 Å². The fourth-order valence-corrected chi connectivity index (χ4v) is 2.49. The molecule has 1 aromatic carbocycles. The van der Waals surface area contributed by atoms with Crippen molar-refractivity contribution in [1.82, 2.24) is 9.38 Å². The van der Waals surface area contributed by atoms with Gasteiger partial charge in [-0.3, -0.25) is 4.79 Å². The van der Waals surface area contributed by atoms with Crippen molar-refractivity contribution in [2.45, 2.75) is 6.92 Å². The van der Waals surface area contributed by atoms with Crippen LogP contribution in [0.4, 0.5) is 5.69 Å². The standard InChI is InChI=1S/C15H11Cl2N3O/c1-9-7-20-8-10(2-5-14(20)18-9)15(21)19-13-4-3-11(16)6-12(13)17/h2-8H,1H3,(H,19,21). The third-order valence-corrected chi connectivity index (χ3v) is 3.56. The highest BCUT2D eigenvalue weighted by Crippen LogP contribution is 2.25. The SMILES string of the molecule is Cc1cn2cc(C(=O)Nc3ccc(Cl)cc3Cl)ccc2n1. The van der Waals surface area contributed by atoms with Gasteiger partial charge in [-0.25, -0.2) is 4.98 Å². The molecular formula is C15H11Cl2N3O. The third kappa shape index (κ3) is 2.86. The molecular weight excluding hydrogens is 309 g/mol. The number of imidazole rings is 1. The number of nitrogens with zero attached hydrogens (tertiary/aromatic N) is 2. The molecule has 3 aromatic rings. The van der Waals surface area contributed by atoms with Crippen LogP contribution in [0, 0.1) is 6.92 Å². The van der Waals surface area contributed by atoms with Crippen LogP contribution < -0.4 is 5.32 Å². The lowest BCUT2D eigenvalue weighted by atomic mass is 10.2. The molecule has 2 heterocycles. The van der Waals surface area contributed by atoms with Crippen LogP contribution in [0.25, 0.3) is 5.65 Å². The molecule has 6 heteroatoms. The van der Waals surface area contributed by atoms with E-state index in [2.05, 4.69) is 10.3 Å². The summed E-state index contributed by atoms with van der Waals surface area (Å²) >= 11 is 11.9. The van der Waals surface area contributed by atoms with Crippen molar-refractivity contribution >= 4 is 40.4 Å². The second kappa shape index (κ2) is 5.39. The molecule has 0 radical (unpaired) electrons. The molecule has 1 amide bonds. The van der Waals surface area contributed by atoms with Crippen LogP contribution >= 0.6 is 23.2 Å². The zero-order chi connectivity index (χ0) is 15.0. The first-order valence-electron chi connectivity index (χ1n) is 6.25. The number of carbonyl (C=O) groups is 1. The number of rotatable bonds is 2. The summed E-state index contributed by atoms with van der Waals surface area (Å²) in [6.45, 7) is 1.90. The van der Waals surface area contributed by atoms with E-state index >= 15 is 0 Å². The Balaban J connectivity index is 1.89. The Bertz CT molecular complexity index is 842. The Hall–Kier alpha value is -2.04. The smallest absolute Gasteiger partial charge is 0.257 e. The highest BCUT2D eigenvalue weighted by atomic mass is 35.5. The van der Waals surface area contributed by atoms with Crippen LogP contribution in [0.2, 0.25) is 10.0 Å². The van der Waals surface area contributed by atoms with Gasteiger partial charge in [-0.05, 0) is 37.3 Å². The number of anilines is 1. The third-order valence-electron chi connectivity index (χ3n) is 3.01. The highest BCUT2D eigenvalue weighted by molar-refractivity contribution is 6.36. The molecule has 0 spiro atoms. The number of halogens is 2. The van der Waals surface area contributed by atoms with E-state index in [0.29, 0.717) is 21.3 Å². The molecule has 3 rings (SSSR count). The van der Waals surface area contributed by atoms with Gasteiger partial charge in [-0.2, -0.15) is 0 Å². The average molecular weight is 320 g/mol. The number of aryl methyl sites for hydroxylation is 1. The molecule has 21 heavy (non-hydrogen) atoms. The number of hydrogen-bond acceptors (Lipinski definition) is 2. The lowest BCUT2D eigenvalue weighted by Crippen LogP contribution is -2.12. The zero-order valence-electron chi connectivity index (χ0n) is 11.1. The van der Waals surface area contributed by atoms with Gasteiger partial charge in [0.1, 0.15) is 5.65 Å². The number of hydrogen-bond donors (Lipinski definition) is 1. The molecule has 106 valence electrons. The molecule has 1 N–H and O–H groups in total. The number of aromatic nitrogens is 2. The molecule has 0 aliphatic carbocycles. The van der Waals surface area contributed by atoms with Crippen LogP contribution in [0.15, 0.2) is 42.7 Å². The Labute approximate surface area is 131 Å². The van der Waals surface area contributed by atoms with Gasteiger partial charge in [0.05, 0.1) is 22.0 Å². The molecule has 0 unspecified atom stereocenters. The maximum absolute atomic E-state index is 12.3. The Morgan fingerprint density at radius 2 is 2.00 bits per heavy atom. The van der Waals surface area contributed by atoms with Gasteiger partial charge < -0.3 is 9.72 Å². The van der Waals surface area contributed by atoms with E-state index in [4.69, 9.17) is 23.2 Å². The van der Waals surface area contributed by atoms with Gasteiger partial charge in [0.15, 0.2) is 0 Å². The number of nitrogens with one attached hydrogen (secondary N) is 1. The van der Waals surface area contributed by atoms with E-state index in [1.54, 1.807) is 36.5 Å². The minimum absolute atomic E-state index is 0.243. The van der Waals surface area contributed by atoms with E-state index in [-0.39, 0.29) is 5.91 Å². The molecule has 2 aromatic heterocycles. The van der Waals surface area contributed by atoms with Crippen LogP contribution in [0.5, 0.6) is 0 Å². The minimum atomic E-state index is -0.243. The molecule has 4 nitrogen and oxygen atoms in total. The summed E-state index contributed by atoms with van der Waals surface area (Å²) in [5, 5.41) is 3.68. The van der Waals surface area contributed by atoms with Crippen molar-refractivity contribution in [3.05, 3.63) is 64.0 Å². The van der Waals surface area contributed by atoms with Gasteiger partial charge >= 0.3 is 0 Å². The molecule has 0 fully saturated rings. The fraction of sp³-hybridized carbons (Fsp3) is 0.0667. The number of carbonyl (C=O) groups excluding carboxylic acids is 1. The molecule has 0 atom stereocenters. The maximum atomic E-state index is 12.3. The van der Waals surface area contributed by atoms with Crippen molar-refractivity contribution in [1.29, 1.82) is 0 Å². The van der Waals surface area contributed by atoms with E-state index in [0.717, 1.165) is 11.3 Å². The normalized spacial score (nSPS) is 10.8. The van der Waals surface area contributed by atoms with Crippen molar-refractivity contribution < 1.29 is 4.79 Å². The van der Waals surface area contributed by atoms with Crippen LogP contribution in [0.1, 0.15) is 16.1 Å². The average Bonchev–Trinajstić information content (AvgIpc) is 2.80. The number of amides is 1. The second-order valence-corrected chi connectivity index (χ2v) is 5.49. The molecule has 0 aliphatic rings. The summed E-state index contributed by atoms with van der Waals surface area (Å²) in [6.07, 6.45) is 3.59. The summed E-state index contributed by atoms with van der Waals surface area (Å²) in [7, 11) is 0. The van der Waals surface area contributed by atoms with Crippen molar-refractivity contribution in [2.24, 2.45) is 0 Å². The second-order valence-electron chi connectivity index (χ2n) is 4.64. The van der Waals surface area contributed by atoms with Gasteiger partial charge in [-0.15, -0.1) is 0 Å². The Kier molecular flexibility index (Phi) is 3.57. The van der Waals surface area contributed by atoms with E-state index in [9.17, 15) is 4.79 Å². The molecule has 0 saturated carbocycles. The lowest BCUT2D eigenvalue weighted by Gasteiger charge is -2.07. The summed E-state index contributed by atoms with van der Waals surface area (Å²) in [6, 6.07) is 8.45. The van der Waals surface area contributed by atoms with E-state index in [1.165, 1.54) is 0 Å². The monoisotopic (exact) mass is 319 g/mol. The number of benzene rings is 1. The summed E-state index contributed by atoms with van der Waals surface area (Å²) in [4.78, 5) is 16.6.